The maximum absolute atomic E-state index is 13.8. The number of ether oxygens (including phenoxy) is 4. The molecule has 0 radical (unpaired) electrons. The van der Waals surface area contributed by atoms with E-state index in [1.54, 1.807) is 52.0 Å². The standard InChI is InChI=1S/C31H44N2O11S/c1-19-11-13-21(14-12-19)45(38,39)44-25(17-31(27(35)36,29(2,3)4)33-28(37)43-30(5,6)7)26(34)32-18-22-23(41-9)15-20(40-8)16-24(22)42-10/h11-16,25H,17-18H2,1-10H3,(H,32,34)(H,33,37)(H,35,36)/t25-,31-/m0/s1. The number of benzene rings is 2. The number of carboxylic acid groups (broad SMARTS) is 1. The summed E-state index contributed by atoms with van der Waals surface area (Å²) in [6, 6.07) is 8.85. The second-order valence-electron chi connectivity index (χ2n) is 12.4. The summed E-state index contributed by atoms with van der Waals surface area (Å²) >= 11 is 0. The summed E-state index contributed by atoms with van der Waals surface area (Å²) in [5.41, 5.74) is -3.33. The molecule has 250 valence electrons. The van der Waals surface area contributed by atoms with Crippen LogP contribution < -0.4 is 24.8 Å². The zero-order valence-corrected chi connectivity index (χ0v) is 28.2. The first-order valence-corrected chi connectivity index (χ1v) is 15.4. The van der Waals surface area contributed by atoms with Crippen LogP contribution in [0.4, 0.5) is 4.79 Å². The Kier molecular flexibility index (Phi) is 11.9. The first kappa shape index (κ1) is 37.1. The zero-order chi connectivity index (χ0) is 34.4. The molecule has 0 bridgehead atoms. The molecule has 0 unspecified atom stereocenters. The largest absolute Gasteiger partial charge is 0.496 e. The van der Waals surface area contributed by atoms with Crippen molar-refractivity contribution < 1.29 is 51.0 Å². The molecule has 2 amide bonds. The van der Waals surface area contributed by atoms with Crippen LogP contribution in [0, 0.1) is 12.3 Å². The van der Waals surface area contributed by atoms with Gasteiger partial charge in [-0.2, -0.15) is 8.42 Å². The van der Waals surface area contributed by atoms with Crippen molar-refractivity contribution in [1.29, 1.82) is 0 Å². The van der Waals surface area contributed by atoms with E-state index in [1.165, 1.54) is 54.2 Å². The van der Waals surface area contributed by atoms with Gasteiger partial charge >= 0.3 is 12.1 Å². The number of nitrogens with one attached hydrogen (secondary N) is 2. The number of alkyl carbamates (subject to hydrolysis) is 1. The number of methoxy groups -OCH3 is 3. The van der Waals surface area contributed by atoms with Gasteiger partial charge in [0.05, 0.1) is 38.3 Å². The smallest absolute Gasteiger partial charge is 0.408 e. The topological polar surface area (TPSA) is 176 Å². The van der Waals surface area contributed by atoms with Gasteiger partial charge in [-0.25, -0.2) is 9.59 Å². The molecule has 45 heavy (non-hydrogen) atoms. The van der Waals surface area contributed by atoms with E-state index in [0.29, 0.717) is 22.8 Å². The zero-order valence-electron chi connectivity index (χ0n) is 27.4. The van der Waals surface area contributed by atoms with Crippen LogP contribution >= 0.6 is 0 Å². The van der Waals surface area contributed by atoms with Crippen molar-refractivity contribution in [2.75, 3.05) is 21.3 Å². The number of aryl methyl sites for hydroxylation is 1. The minimum Gasteiger partial charge on any atom is -0.496 e. The van der Waals surface area contributed by atoms with Gasteiger partial charge in [-0.1, -0.05) is 38.5 Å². The van der Waals surface area contributed by atoms with Gasteiger partial charge < -0.3 is 34.7 Å². The quantitative estimate of drug-likeness (QED) is 0.265. The molecule has 2 atom stereocenters. The van der Waals surface area contributed by atoms with E-state index in [0.717, 1.165) is 5.56 Å². The number of hydrogen-bond acceptors (Lipinski definition) is 10. The van der Waals surface area contributed by atoms with Crippen LogP contribution in [0.1, 0.15) is 59.1 Å². The lowest BCUT2D eigenvalue weighted by Crippen LogP contribution is -2.65. The number of carboxylic acids is 1. The fourth-order valence-corrected chi connectivity index (χ4v) is 5.43. The predicted octanol–water partition coefficient (Wildman–Crippen LogP) is 4.20. The number of carbonyl (C=O) groups is 3. The van der Waals surface area contributed by atoms with Crippen molar-refractivity contribution >= 4 is 28.1 Å². The Bertz CT molecular complexity index is 1450. The summed E-state index contributed by atoms with van der Waals surface area (Å²) in [7, 11) is -0.325. The van der Waals surface area contributed by atoms with Crippen LogP contribution in [0.5, 0.6) is 17.2 Å². The second-order valence-corrected chi connectivity index (χ2v) is 13.9. The van der Waals surface area contributed by atoms with Crippen molar-refractivity contribution in [3.8, 4) is 17.2 Å². The second kappa shape index (κ2) is 14.4. The molecule has 0 aromatic heterocycles. The van der Waals surface area contributed by atoms with Crippen LogP contribution in [-0.2, 0) is 35.2 Å². The van der Waals surface area contributed by atoms with Gasteiger partial charge in [0.1, 0.15) is 28.4 Å². The number of carbonyl (C=O) groups excluding carboxylic acids is 2. The maximum Gasteiger partial charge on any atom is 0.408 e. The number of aliphatic carboxylic acids is 1. The number of amides is 2. The highest BCUT2D eigenvalue weighted by atomic mass is 32.2. The fourth-order valence-electron chi connectivity index (χ4n) is 4.39. The van der Waals surface area contributed by atoms with E-state index in [1.807, 2.05) is 0 Å². The highest BCUT2D eigenvalue weighted by Gasteiger charge is 2.54. The highest BCUT2D eigenvalue weighted by molar-refractivity contribution is 7.86. The van der Waals surface area contributed by atoms with Gasteiger partial charge in [0.15, 0.2) is 6.10 Å². The molecule has 0 heterocycles. The van der Waals surface area contributed by atoms with Gasteiger partial charge in [-0.05, 0) is 45.2 Å². The Morgan fingerprint density at radius 3 is 1.84 bits per heavy atom. The first-order chi connectivity index (χ1) is 20.7. The Labute approximate surface area is 264 Å². The third-order valence-electron chi connectivity index (χ3n) is 6.95. The minimum atomic E-state index is -4.60. The van der Waals surface area contributed by atoms with Gasteiger partial charge in [0.2, 0.25) is 0 Å². The molecule has 0 aliphatic rings. The normalized spacial score (nSPS) is 14.0. The molecule has 14 heteroatoms. The number of rotatable bonds is 13. The summed E-state index contributed by atoms with van der Waals surface area (Å²) in [4.78, 5) is 39.4. The molecule has 2 aromatic rings. The maximum atomic E-state index is 13.8. The average molecular weight is 653 g/mol. The third-order valence-corrected chi connectivity index (χ3v) is 8.29. The Morgan fingerprint density at radius 1 is 0.889 bits per heavy atom. The van der Waals surface area contributed by atoms with Crippen LogP contribution in [0.2, 0.25) is 0 Å². The highest BCUT2D eigenvalue weighted by Crippen LogP contribution is 2.37. The Hall–Kier alpha value is -4.04. The molecule has 0 aliphatic heterocycles. The Morgan fingerprint density at radius 2 is 1.42 bits per heavy atom. The Balaban J connectivity index is 2.62. The average Bonchev–Trinajstić information content (AvgIpc) is 2.92. The molecule has 0 saturated heterocycles. The molecule has 0 saturated carbocycles. The molecule has 0 spiro atoms. The van der Waals surface area contributed by atoms with Crippen molar-refractivity contribution in [2.24, 2.45) is 5.41 Å². The lowest BCUT2D eigenvalue weighted by atomic mass is 9.70. The van der Waals surface area contributed by atoms with E-state index in [-0.39, 0.29) is 11.4 Å². The van der Waals surface area contributed by atoms with Gasteiger partial charge in [0.25, 0.3) is 16.0 Å². The van der Waals surface area contributed by atoms with E-state index >= 15 is 0 Å². The molecular formula is C31H44N2O11S. The molecule has 2 aromatic carbocycles. The van der Waals surface area contributed by atoms with E-state index < -0.39 is 57.2 Å². The molecule has 0 fully saturated rings. The minimum absolute atomic E-state index is 0.227. The summed E-state index contributed by atoms with van der Waals surface area (Å²) in [6.45, 7) is 10.9. The monoisotopic (exact) mass is 652 g/mol. The van der Waals surface area contributed by atoms with Crippen molar-refractivity contribution in [2.45, 2.75) is 83.6 Å². The van der Waals surface area contributed by atoms with Crippen molar-refractivity contribution in [3.05, 3.63) is 47.5 Å². The molecular weight excluding hydrogens is 608 g/mol. The van der Waals surface area contributed by atoms with Gasteiger partial charge in [-0.15, -0.1) is 0 Å². The molecule has 3 N–H and O–H groups in total. The van der Waals surface area contributed by atoms with Gasteiger partial charge in [0, 0.05) is 18.6 Å². The van der Waals surface area contributed by atoms with Crippen LogP contribution in [0.25, 0.3) is 0 Å². The molecule has 13 nitrogen and oxygen atoms in total. The first-order valence-electron chi connectivity index (χ1n) is 14.0. The predicted molar refractivity (Wildman–Crippen MR) is 165 cm³/mol. The lowest BCUT2D eigenvalue weighted by molar-refractivity contribution is -0.153. The summed E-state index contributed by atoms with van der Waals surface area (Å²) in [5, 5.41) is 15.5. The van der Waals surface area contributed by atoms with Crippen LogP contribution in [0.15, 0.2) is 41.3 Å². The number of hydrogen-bond donors (Lipinski definition) is 3. The van der Waals surface area contributed by atoms with E-state index in [2.05, 4.69) is 10.6 Å². The van der Waals surface area contributed by atoms with Crippen LogP contribution in [-0.4, -0.2) is 70.1 Å². The van der Waals surface area contributed by atoms with Gasteiger partial charge in [-0.3, -0.25) is 8.98 Å². The lowest BCUT2D eigenvalue weighted by Gasteiger charge is -2.43. The van der Waals surface area contributed by atoms with Crippen molar-refractivity contribution in [3.63, 3.8) is 0 Å². The summed E-state index contributed by atoms with van der Waals surface area (Å²) < 4.78 is 53.7. The van der Waals surface area contributed by atoms with Crippen molar-refractivity contribution in [1.82, 2.24) is 10.6 Å². The molecule has 2 rings (SSSR count). The third kappa shape index (κ3) is 9.47. The SMILES string of the molecule is COc1cc(OC)c(CNC(=O)[C@H](C[C@](NC(=O)OC(C)(C)C)(C(=O)O)C(C)(C)C)OS(=O)(=O)c2ccc(C)cc2)c(OC)c1. The summed E-state index contributed by atoms with van der Waals surface area (Å²) in [5.74, 6) is -1.48. The summed E-state index contributed by atoms with van der Waals surface area (Å²) in [6.07, 6.45) is -3.80. The van der Waals surface area contributed by atoms with E-state index in [4.69, 9.17) is 23.1 Å². The van der Waals surface area contributed by atoms with Crippen LogP contribution in [0.3, 0.4) is 0 Å². The molecule has 0 aliphatic carbocycles. The van der Waals surface area contributed by atoms with E-state index in [9.17, 15) is 27.9 Å². The fraction of sp³-hybridized carbons (Fsp3) is 0.516.